The molecule has 268 valence electrons. The van der Waals surface area contributed by atoms with Gasteiger partial charge in [-0.3, -0.25) is 0 Å². The summed E-state index contributed by atoms with van der Waals surface area (Å²) in [5.41, 5.74) is 13.5. The van der Waals surface area contributed by atoms with Crippen LogP contribution in [0.25, 0.3) is 104 Å². The summed E-state index contributed by atoms with van der Waals surface area (Å²) in [6, 6.07) is 69.1. The molecule has 0 bridgehead atoms. The Labute approximate surface area is 334 Å². The lowest BCUT2D eigenvalue weighted by molar-refractivity contribution is 1.18. The van der Waals surface area contributed by atoms with Crippen molar-refractivity contribution in [3.8, 4) is 61.8 Å². The average Bonchev–Trinajstić information content (AvgIpc) is 3.82. The van der Waals surface area contributed by atoms with Crippen molar-refractivity contribution in [2.45, 2.75) is 6.92 Å². The predicted octanol–water partition coefficient (Wildman–Crippen LogP) is 14.6. The van der Waals surface area contributed by atoms with Gasteiger partial charge in [-0.05, 0) is 64.2 Å². The lowest BCUT2D eigenvalue weighted by Crippen LogP contribution is -1.95. The fourth-order valence-corrected chi connectivity index (χ4v) is 10.1. The van der Waals surface area contributed by atoms with Gasteiger partial charge >= 0.3 is 0 Å². The minimum Gasteiger partial charge on any atom is -0.301 e. The molecule has 0 atom stereocenters. The molecule has 0 spiro atoms. The van der Waals surface area contributed by atoms with E-state index in [0.29, 0.717) is 5.82 Å². The van der Waals surface area contributed by atoms with Crippen molar-refractivity contribution >= 4 is 53.3 Å². The number of rotatable bonds is 6. The third kappa shape index (κ3) is 5.48. The average molecular weight is 746 g/mol. The standard InChI is InChI=1S/C53H35N3S/c1-34-41-25-14-15-26-43(41)49-50-48-42(27-16-28-46(48)56(40-23-12-5-13-24-40)53(50)57-51(49)47(34)38-19-8-3-9-20-38)35-29-31-37(32-30-35)45-33-44(36-17-6-2-7-18-36)54-52(55-45)39-21-10-4-11-22-39/h2-33H,1H3. The van der Waals surface area contributed by atoms with E-state index in [1.807, 2.05) is 35.6 Å². The SMILES string of the molecule is Cc1c(-c2ccccc2)c2sc3c(c4c(-c5ccc(-c6cc(-c7ccccc7)nc(-c7ccccc7)n6)cc5)cccc4n3-c3ccccc3)c2c2ccccc12. The first-order valence-corrected chi connectivity index (χ1v) is 20.2. The van der Waals surface area contributed by atoms with Crippen LogP contribution in [-0.2, 0) is 0 Å². The Morgan fingerprint density at radius 1 is 0.439 bits per heavy atom. The minimum absolute atomic E-state index is 0.715. The van der Waals surface area contributed by atoms with Gasteiger partial charge in [0.25, 0.3) is 0 Å². The molecule has 3 nitrogen and oxygen atoms in total. The third-order valence-corrected chi connectivity index (χ3v) is 12.4. The topological polar surface area (TPSA) is 30.7 Å². The summed E-state index contributed by atoms with van der Waals surface area (Å²) < 4.78 is 3.80. The zero-order valence-corrected chi connectivity index (χ0v) is 32.0. The van der Waals surface area contributed by atoms with Gasteiger partial charge in [-0.25, -0.2) is 9.97 Å². The highest BCUT2D eigenvalue weighted by atomic mass is 32.1. The summed E-state index contributed by atoms with van der Waals surface area (Å²) in [5.74, 6) is 0.715. The zero-order chi connectivity index (χ0) is 37.9. The zero-order valence-electron chi connectivity index (χ0n) is 31.2. The molecule has 11 aromatic rings. The predicted molar refractivity (Wildman–Crippen MR) is 241 cm³/mol. The van der Waals surface area contributed by atoms with Crippen LogP contribution in [0.4, 0.5) is 0 Å². The van der Waals surface area contributed by atoms with Gasteiger partial charge in [-0.1, -0.05) is 170 Å². The Morgan fingerprint density at radius 3 is 1.65 bits per heavy atom. The molecule has 0 unspecified atom stereocenters. The Hall–Kier alpha value is -7.14. The Bertz CT molecular complexity index is 3200. The van der Waals surface area contributed by atoms with Gasteiger partial charge in [-0.15, -0.1) is 11.3 Å². The van der Waals surface area contributed by atoms with Crippen LogP contribution in [-0.4, -0.2) is 14.5 Å². The molecule has 11 rings (SSSR count). The van der Waals surface area contributed by atoms with Gasteiger partial charge in [0.1, 0.15) is 4.83 Å². The molecule has 0 radical (unpaired) electrons. The highest BCUT2D eigenvalue weighted by Gasteiger charge is 2.25. The molecule has 8 aromatic carbocycles. The molecule has 0 fully saturated rings. The second kappa shape index (κ2) is 13.6. The maximum Gasteiger partial charge on any atom is 0.160 e. The molecule has 0 aliphatic carbocycles. The largest absolute Gasteiger partial charge is 0.301 e. The number of hydrogen-bond acceptors (Lipinski definition) is 3. The molecule has 0 saturated heterocycles. The molecule has 4 heteroatoms. The first-order valence-electron chi connectivity index (χ1n) is 19.3. The van der Waals surface area contributed by atoms with E-state index in [1.165, 1.54) is 64.2 Å². The van der Waals surface area contributed by atoms with Crippen LogP contribution in [0.3, 0.4) is 0 Å². The van der Waals surface area contributed by atoms with Crippen LogP contribution in [0, 0.1) is 6.92 Å². The van der Waals surface area contributed by atoms with E-state index in [-0.39, 0.29) is 0 Å². The first kappa shape index (κ1) is 33.2. The summed E-state index contributed by atoms with van der Waals surface area (Å²) in [6.45, 7) is 2.29. The second-order valence-electron chi connectivity index (χ2n) is 14.5. The lowest BCUT2D eigenvalue weighted by Gasteiger charge is -2.14. The Kier molecular flexibility index (Phi) is 7.90. The molecular weight excluding hydrogens is 711 g/mol. The Balaban J connectivity index is 1.16. The van der Waals surface area contributed by atoms with Crippen molar-refractivity contribution in [2.24, 2.45) is 0 Å². The quantitative estimate of drug-likeness (QED) is 0.170. The number of aromatic nitrogens is 3. The number of hydrogen-bond donors (Lipinski definition) is 0. The second-order valence-corrected chi connectivity index (χ2v) is 15.5. The molecule has 0 N–H and O–H groups in total. The highest BCUT2D eigenvalue weighted by Crippen LogP contribution is 2.51. The molecule has 0 saturated carbocycles. The highest BCUT2D eigenvalue weighted by molar-refractivity contribution is 7.26. The molecule has 0 amide bonds. The third-order valence-electron chi connectivity index (χ3n) is 11.2. The summed E-state index contributed by atoms with van der Waals surface area (Å²) >= 11 is 1.91. The van der Waals surface area contributed by atoms with Gasteiger partial charge in [-0.2, -0.15) is 0 Å². The van der Waals surface area contributed by atoms with E-state index in [9.17, 15) is 0 Å². The number of aryl methyl sites for hydroxylation is 1. The fraction of sp³-hybridized carbons (Fsp3) is 0.0189. The van der Waals surface area contributed by atoms with Gasteiger partial charge in [0.15, 0.2) is 5.82 Å². The molecule has 0 aliphatic heterocycles. The van der Waals surface area contributed by atoms with E-state index < -0.39 is 0 Å². The van der Waals surface area contributed by atoms with Gasteiger partial charge in [0, 0.05) is 48.8 Å². The van der Waals surface area contributed by atoms with Crippen molar-refractivity contribution in [3.05, 3.63) is 200 Å². The molecule has 57 heavy (non-hydrogen) atoms. The van der Waals surface area contributed by atoms with Gasteiger partial charge in [0.2, 0.25) is 0 Å². The summed E-state index contributed by atoms with van der Waals surface area (Å²) in [5, 5.41) is 6.48. The van der Waals surface area contributed by atoms with Crippen molar-refractivity contribution in [1.29, 1.82) is 0 Å². The normalized spacial score (nSPS) is 11.6. The monoisotopic (exact) mass is 745 g/mol. The van der Waals surface area contributed by atoms with Crippen molar-refractivity contribution in [1.82, 2.24) is 14.5 Å². The summed E-state index contributed by atoms with van der Waals surface area (Å²) in [4.78, 5) is 11.4. The number of para-hydroxylation sites is 1. The molecule has 0 aliphatic rings. The minimum atomic E-state index is 0.715. The maximum atomic E-state index is 5.11. The van der Waals surface area contributed by atoms with Crippen molar-refractivity contribution in [2.75, 3.05) is 0 Å². The molecular formula is C53H35N3S. The van der Waals surface area contributed by atoms with E-state index in [2.05, 4.69) is 181 Å². The number of fused-ring (bicyclic) bond motifs is 7. The number of thiophene rings is 1. The maximum absolute atomic E-state index is 5.11. The van der Waals surface area contributed by atoms with Crippen LogP contribution in [0.2, 0.25) is 0 Å². The number of nitrogens with zero attached hydrogens (tertiary/aromatic N) is 3. The first-order chi connectivity index (χ1) is 28.2. The van der Waals surface area contributed by atoms with Crippen molar-refractivity contribution in [3.63, 3.8) is 0 Å². The smallest absolute Gasteiger partial charge is 0.160 e. The van der Waals surface area contributed by atoms with Crippen LogP contribution in [0.5, 0.6) is 0 Å². The van der Waals surface area contributed by atoms with E-state index in [4.69, 9.17) is 9.97 Å². The van der Waals surface area contributed by atoms with E-state index in [0.717, 1.165) is 39.3 Å². The summed E-state index contributed by atoms with van der Waals surface area (Å²) in [6.07, 6.45) is 0. The van der Waals surface area contributed by atoms with E-state index in [1.54, 1.807) is 0 Å². The van der Waals surface area contributed by atoms with Crippen LogP contribution in [0.1, 0.15) is 5.56 Å². The summed E-state index contributed by atoms with van der Waals surface area (Å²) in [7, 11) is 0. The van der Waals surface area contributed by atoms with Gasteiger partial charge in [0.05, 0.1) is 16.9 Å². The molecule has 3 heterocycles. The van der Waals surface area contributed by atoms with E-state index >= 15 is 0 Å². The van der Waals surface area contributed by atoms with Crippen LogP contribution in [0.15, 0.2) is 194 Å². The van der Waals surface area contributed by atoms with Gasteiger partial charge < -0.3 is 4.57 Å². The van der Waals surface area contributed by atoms with Crippen molar-refractivity contribution < 1.29 is 0 Å². The van der Waals surface area contributed by atoms with Crippen LogP contribution >= 0.6 is 11.3 Å². The fourth-order valence-electron chi connectivity index (χ4n) is 8.59. The molecule has 3 aromatic heterocycles. The number of benzene rings is 8. The Morgan fingerprint density at radius 2 is 0.982 bits per heavy atom. The van der Waals surface area contributed by atoms with Crippen LogP contribution < -0.4 is 0 Å². The lowest BCUT2D eigenvalue weighted by atomic mass is 9.91.